The molecule has 0 fully saturated rings. The number of rotatable bonds is 5. The summed E-state index contributed by atoms with van der Waals surface area (Å²) in [6.07, 6.45) is 0. The van der Waals surface area contributed by atoms with Crippen LogP contribution in [0, 0.1) is 0 Å². The number of fused-ring (bicyclic) bond motifs is 1. The molecule has 0 radical (unpaired) electrons. The first kappa shape index (κ1) is 18.3. The summed E-state index contributed by atoms with van der Waals surface area (Å²) in [6, 6.07) is 13.9. The first-order valence-electron chi connectivity index (χ1n) is 7.96. The summed E-state index contributed by atoms with van der Waals surface area (Å²) in [5.74, 6) is 0.910. The van der Waals surface area contributed by atoms with Crippen LogP contribution in [0.2, 0.25) is 0 Å². The number of amides is 1. The van der Waals surface area contributed by atoms with Gasteiger partial charge in [-0.15, -0.1) is 12.4 Å². The molecule has 0 aliphatic carbocycles. The molecule has 0 saturated carbocycles. The highest BCUT2D eigenvalue weighted by Crippen LogP contribution is 2.19. The number of nitrogens with zero attached hydrogens (tertiary/aromatic N) is 1. The molecule has 3 rings (SSSR count). The van der Waals surface area contributed by atoms with E-state index in [9.17, 15) is 4.79 Å². The molecule has 0 unspecified atom stereocenters. The average Bonchev–Trinajstić information content (AvgIpc) is 3.07. The molecule has 1 heterocycles. The summed E-state index contributed by atoms with van der Waals surface area (Å²) in [5.41, 5.74) is 4.39. The molecule has 0 bridgehead atoms. The van der Waals surface area contributed by atoms with Crippen LogP contribution in [0.5, 0.6) is 5.75 Å². The zero-order valence-corrected chi connectivity index (χ0v) is 14.9. The number of benzene rings is 2. The van der Waals surface area contributed by atoms with Crippen molar-refractivity contribution in [2.75, 3.05) is 13.7 Å². The molecule has 4 nitrogen and oxygen atoms in total. The minimum absolute atomic E-state index is 0. The Kier molecular flexibility index (Phi) is 6.23. The zero-order chi connectivity index (χ0) is 16.2. The molecule has 0 aromatic heterocycles. The number of hydrogen-bond donors (Lipinski definition) is 1. The highest BCUT2D eigenvalue weighted by atomic mass is 35.5. The van der Waals surface area contributed by atoms with Crippen molar-refractivity contribution in [1.29, 1.82) is 0 Å². The standard InChI is InChI=1S/C19H22N2O2.ClH/c1-3-21(13-14-4-8-18(23-2)9-5-14)19(22)15-6-7-16-11-20-12-17(16)10-15;/h4-10,20H,3,11-13H2,1-2H3;1H. The third kappa shape index (κ3) is 3.89. The first-order chi connectivity index (χ1) is 11.2. The molecule has 1 amide bonds. The summed E-state index contributed by atoms with van der Waals surface area (Å²) in [5, 5.41) is 3.31. The van der Waals surface area contributed by atoms with Crippen molar-refractivity contribution in [2.24, 2.45) is 0 Å². The van der Waals surface area contributed by atoms with E-state index in [1.807, 2.05) is 48.2 Å². The first-order valence-corrected chi connectivity index (χ1v) is 7.96. The zero-order valence-electron chi connectivity index (χ0n) is 14.0. The van der Waals surface area contributed by atoms with E-state index in [0.29, 0.717) is 13.1 Å². The van der Waals surface area contributed by atoms with Crippen LogP contribution in [0.3, 0.4) is 0 Å². The lowest BCUT2D eigenvalue weighted by molar-refractivity contribution is 0.0752. The molecule has 0 atom stereocenters. The Morgan fingerprint density at radius 1 is 1.12 bits per heavy atom. The third-order valence-electron chi connectivity index (χ3n) is 4.29. The molecule has 1 aliphatic heterocycles. The van der Waals surface area contributed by atoms with Crippen molar-refractivity contribution >= 4 is 18.3 Å². The van der Waals surface area contributed by atoms with Crippen molar-refractivity contribution in [1.82, 2.24) is 10.2 Å². The average molecular weight is 347 g/mol. The summed E-state index contributed by atoms with van der Waals surface area (Å²) in [7, 11) is 1.65. The minimum Gasteiger partial charge on any atom is -0.497 e. The molecule has 128 valence electrons. The van der Waals surface area contributed by atoms with Gasteiger partial charge in [-0.2, -0.15) is 0 Å². The number of carbonyl (C=O) groups excluding carboxylic acids is 1. The molecular weight excluding hydrogens is 324 g/mol. The van der Waals surface area contributed by atoms with Gasteiger partial charge in [-0.05, 0) is 47.9 Å². The lowest BCUT2D eigenvalue weighted by Crippen LogP contribution is -2.30. The van der Waals surface area contributed by atoms with Gasteiger partial charge in [0.25, 0.3) is 5.91 Å². The molecule has 2 aromatic rings. The van der Waals surface area contributed by atoms with Crippen molar-refractivity contribution in [3.8, 4) is 5.75 Å². The smallest absolute Gasteiger partial charge is 0.254 e. The lowest BCUT2D eigenvalue weighted by atomic mass is 10.1. The second-order valence-electron chi connectivity index (χ2n) is 5.75. The normalized spacial score (nSPS) is 12.2. The molecule has 1 aliphatic rings. The fraction of sp³-hybridized carbons (Fsp3) is 0.316. The van der Waals surface area contributed by atoms with Gasteiger partial charge in [-0.1, -0.05) is 18.2 Å². The van der Waals surface area contributed by atoms with Crippen molar-refractivity contribution in [2.45, 2.75) is 26.6 Å². The van der Waals surface area contributed by atoms with Crippen molar-refractivity contribution < 1.29 is 9.53 Å². The van der Waals surface area contributed by atoms with Crippen LogP contribution in [0.1, 0.15) is 34.0 Å². The van der Waals surface area contributed by atoms with Crippen LogP contribution < -0.4 is 10.1 Å². The van der Waals surface area contributed by atoms with Crippen LogP contribution >= 0.6 is 12.4 Å². The minimum atomic E-state index is 0. The van der Waals surface area contributed by atoms with E-state index in [1.54, 1.807) is 7.11 Å². The Hall–Kier alpha value is -2.04. The Labute approximate surface area is 149 Å². The van der Waals surface area contributed by atoms with Gasteiger partial charge in [0.05, 0.1) is 7.11 Å². The molecule has 0 spiro atoms. The fourth-order valence-electron chi connectivity index (χ4n) is 2.89. The van der Waals surface area contributed by atoms with Crippen molar-refractivity contribution in [3.05, 3.63) is 64.7 Å². The number of carbonyl (C=O) groups is 1. The number of halogens is 1. The number of hydrogen-bond acceptors (Lipinski definition) is 3. The van der Waals surface area contributed by atoms with Gasteiger partial charge < -0.3 is 15.0 Å². The molecule has 0 saturated heterocycles. The molecule has 5 heteroatoms. The van der Waals surface area contributed by atoms with E-state index in [4.69, 9.17) is 4.74 Å². The van der Waals surface area contributed by atoms with Crippen molar-refractivity contribution in [3.63, 3.8) is 0 Å². The summed E-state index contributed by atoms with van der Waals surface area (Å²) in [6.45, 7) is 5.04. The van der Waals surface area contributed by atoms with E-state index in [-0.39, 0.29) is 18.3 Å². The predicted octanol–water partition coefficient (Wildman–Crippen LogP) is 3.38. The van der Waals surface area contributed by atoms with Crippen LogP contribution in [0.25, 0.3) is 0 Å². The SMILES string of the molecule is CCN(Cc1ccc(OC)cc1)C(=O)c1ccc2c(c1)CNC2.Cl. The topological polar surface area (TPSA) is 41.6 Å². The van der Waals surface area contributed by atoms with Gasteiger partial charge in [0.15, 0.2) is 0 Å². The summed E-state index contributed by atoms with van der Waals surface area (Å²) < 4.78 is 5.17. The molecule has 24 heavy (non-hydrogen) atoms. The second kappa shape index (κ2) is 8.18. The number of ether oxygens (including phenoxy) is 1. The maximum atomic E-state index is 12.8. The van der Waals surface area contributed by atoms with Crippen LogP contribution in [-0.4, -0.2) is 24.5 Å². The van der Waals surface area contributed by atoms with Crippen LogP contribution in [-0.2, 0) is 19.6 Å². The second-order valence-corrected chi connectivity index (χ2v) is 5.75. The quantitative estimate of drug-likeness (QED) is 0.902. The highest BCUT2D eigenvalue weighted by molar-refractivity contribution is 5.94. The maximum absolute atomic E-state index is 12.8. The van der Waals surface area contributed by atoms with Gasteiger partial charge in [-0.25, -0.2) is 0 Å². The Morgan fingerprint density at radius 2 is 1.83 bits per heavy atom. The van der Waals surface area contributed by atoms with Gasteiger partial charge in [0.2, 0.25) is 0 Å². The Balaban J connectivity index is 0.00000208. The largest absolute Gasteiger partial charge is 0.497 e. The Morgan fingerprint density at radius 3 is 2.50 bits per heavy atom. The summed E-state index contributed by atoms with van der Waals surface area (Å²) >= 11 is 0. The maximum Gasteiger partial charge on any atom is 0.254 e. The molecule has 1 N–H and O–H groups in total. The van der Waals surface area contributed by atoms with Gasteiger partial charge in [0, 0.05) is 31.7 Å². The molecule has 2 aromatic carbocycles. The number of nitrogens with one attached hydrogen (secondary N) is 1. The predicted molar refractivity (Wildman–Crippen MR) is 97.6 cm³/mol. The monoisotopic (exact) mass is 346 g/mol. The fourth-order valence-corrected chi connectivity index (χ4v) is 2.89. The van der Waals surface area contributed by atoms with E-state index < -0.39 is 0 Å². The van der Waals surface area contributed by atoms with Crippen LogP contribution in [0.15, 0.2) is 42.5 Å². The third-order valence-corrected chi connectivity index (χ3v) is 4.29. The van der Waals surface area contributed by atoms with E-state index >= 15 is 0 Å². The number of methoxy groups -OCH3 is 1. The van der Waals surface area contributed by atoms with Gasteiger partial charge >= 0.3 is 0 Å². The van der Waals surface area contributed by atoms with E-state index in [2.05, 4.69) is 11.4 Å². The van der Waals surface area contributed by atoms with Gasteiger partial charge in [0.1, 0.15) is 5.75 Å². The van der Waals surface area contributed by atoms with Crippen LogP contribution in [0.4, 0.5) is 0 Å². The van der Waals surface area contributed by atoms with Gasteiger partial charge in [-0.3, -0.25) is 4.79 Å². The molecular formula is C19H23ClN2O2. The van der Waals surface area contributed by atoms with E-state index in [0.717, 1.165) is 30.0 Å². The summed E-state index contributed by atoms with van der Waals surface area (Å²) in [4.78, 5) is 14.7. The highest BCUT2D eigenvalue weighted by Gasteiger charge is 2.18. The lowest BCUT2D eigenvalue weighted by Gasteiger charge is -2.21. The van der Waals surface area contributed by atoms with E-state index in [1.165, 1.54) is 11.1 Å². The Bertz CT molecular complexity index is 701.